The van der Waals surface area contributed by atoms with E-state index in [0.29, 0.717) is 12.1 Å². The third kappa shape index (κ3) is 3.71. The molecule has 0 aromatic rings. The molecular weight excluding hydrogens is 236 g/mol. The number of piperazine rings is 1. The van der Waals surface area contributed by atoms with Gasteiger partial charge < -0.3 is 10.0 Å². The largest absolute Gasteiger partial charge is 0.391 e. The Bertz CT molecular complexity index is 271. The highest BCUT2D eigenvalue weighted by Gasteiger charge is 2.35. The van der Waals surface area contributed by atoms with Crippen LogP contribution < -0.4 is 0 Å². The molecule has 2 fully saturated rings. The number of hydrogen-bond acceptors (Lipinski definition) is 3. The van der Waals surface area contributed by atoms with Gasteiger partial charge in [0.25, 0.3) is 0 Å². The predicted molar refractivity (Wildman–Crippen MR) is 80.3 cm³/mol. The van der Waals surface area contributed by atoms with E-state index in [0.717, 1.165) is 32.0 Å². The van der Waals surface area contributed by atoms with Gasteiger partial charge in [0.1, 0.15) is 0 Å². The van der Waals surface area contributed by atoms with E-state index in [4.69, 9.17) is 0 Å². The molecule has 4 atom stereocenters. The Morgan fingerprint density at radius 1 is 1.16 bits per heavy atom. The van der Waals surface area contributed by atoms with Crippen LogP contribution in [-0.4, -0.2) is 59.8 Å². The quantitative estimate of drug-likeness (QED) is 0.848. The first-order valence-electron chi connectivity index (χ1n) is 8.28. The zero-order valence-corrected chi connectivity index (χ0v) is 13.0. The molecule has 0 aromatic carbocycles. The number of hydrogen-bond donors (Lipinski definition) is 1. The molecular formula is C16H32N2O. The van der Waals surface area contributed by atoms with E-state index in [2.05, 4.69) is 30.7 Å². The Labute approximate surface area is 119 Å². The average Bonchev–Trinajstić information content (AvgIpc) is 2.42. The number of likely N-dealkylation sites (N-methyl/N-ethyl adjacent to an activating group) is 1. The molecule has 0 aromatic heterocycles. The van der Waals surface area contributed by atoms with E-state index in [9.17, 15) is 5.11 Å². The Hall–Kier alpha value is -0.120. The molecule has 1 N–H and O–H groups in total. The summed E-state index contributed by atoms with van der Waals surface area (Å²) in [6.45, 7) is 7.99. The van der Waals surface area contributed by atoms with Crippen molar-refractivity contribution in [1.29, 1.82) is 0 Å². The zero-order valence-electron chi connectivity index (χ0n) is 13.0. The van der Waals surface area contributed by atoms with Crippen LogP contribution in [0.2, 0.25) is 0 Å². The summed E-state index contributed by atoms with van der Waals surface area (Å²) in [5.74, 6) is 0.845. The summed E-state index contributed by atoms with van der Waals surface area (Å²) in [4.78, 5) is 5.07. The first-order valence-corrected chi connectivity index (χ1v) is 8.28. The summed E-state index contributed by atoms with van der Waals surface area (Å²) in [6, 6.07) is 1.10. The fourth-order valence-corrected chi connectivity index (χ4v) is 3.99. The molecule has 2 rings (SSSR count). The molecule has 1 heterocycles. The molecule has 0 radical (unpaired) electrons. The van der Waals surface area contributed by atoms with Crippen LogP contribution >= 0.6 is 0 Å². The Morgan fingerprint density at radius 3 is 2.63 bits per heavy atom. The average molecular weight is 268 g/mol. The van der Waals surface area contributed by atoms with Crippen LogP contribution in [0.25, 0.3) is 0 Å². The maximum Gasteiger partial charge on any atom is 0.0695 e. The maximum atomic E-state index is 10.4. The molecule has 1 saturated carbocycles. The first kappa shape index (κ1) is 15.3. The Kier molecular flexibility index (Phi) is 5.67. The minimum atomic E-state index is -0.0889. The Morgan fingerprint density at radius 2 is 1.95 bits per heavy atom. The Balaban J connectivity index is 1.94. The van der Waals surface area contributed by atoms with Gasteiger partial charge >= 0.3 is 0 Å². The molecule has 3 heteroatoms. The normalized spacial score (nSPS) is 38.5. The number of nitrogens with zero attached hydrogens (tertiary/aromatic N) is 2. The molecule has 3 nitrogen and oxygen atoms in total. The monoisotopic (exact) mass is 268 g/mol. The van der Waals surface area contributed by atoms with Crippen LogP contribution in [-0.2, 0) is 0 Å². The maximum absolute atomic E-state index is 10.4. The third-order valence-corrected chi connectivity index (χ3v) is 5.34. The lowest BCUT2D eigenvalue weighted by Gasteiger charge is -2.46. The van der Waals surface area contributed by atoms with Gasteiger partial charge in [-0.05, 0) is 38.6 Å². The summed E-state index contributed by atoms with van der Waals surface area (Å²) in [7, 11) is 2.24. The molecule has 19 heavy (non-hydrogen) atoms. The van der Waals surface area contributed by atoms with E-state index in [-0.39, 0.29) is 6.10 Å². The smallest absolute Gasteiger partial charge is 0.0695 e. The SMILES string of the molecule is CCCC1CCC(O)C(N2CCN(C)C(CC)C2)C1. The highest BCUT2D eigenvalue weighted by atomic mass is 16.3. The van der Waals surface area contributed by atoms with Crippen molar-refractivity contribution in [1.82, 2.24) is 9.80 Å². The van der Waals surface area contributed by atoms with Crippen molar-refractivity contribution in [2.75, 3.05) is 26.7 Å². The van der Waals surface area contributed by atoms with Crippen molar-refractivity contribution in [3.8, 4) is 0 Å². The van der Waals surface area contributed by atoms with Gasteiger partial charge in [-0.15, -0.1) is 0 Å². The predicted octanol–water partition coefficient (Wildman–Crippen LogP) is 2.34. The standard InChI is InChI=1S/C16H32N2O/c1-4-6-13-7-8-16(19)15(11-13)18-10-9-17(3)14(5-2)12-18/h13-16,19H,4-12H2,1-3H3. The van der Waals surface area contributed by atoms with Crippen molar-refractivity contribution >= 4 is 0 Å². The highest BCUT2D eigenvalue weighted by molar-refractivity contribution is 4.91. The number of aliphatic hydroxyl groups excluding tert-OH is 1. The summed E-state index contributed by atoms with van der Waals surface area (Å²) in [5, 5.41) is 10.4. The first-order chi connectivity index (χ1) is 9.15. The van der Waals surface area contributed by atoms with E-state index in [1.165, 1.54) is 32.1 Å². The van der Waals surface area contributed by atoms with Gasteiger partial charge in [-0.2, -0.15) is 0 Å². The molecule has 1 aliphatic carbocycles. The van der Waals surface area contributed by atoms with Crippen LogP contribution in [0.5, 0.6) is 0 Å². The second kappa shape index (κ2) is 7.05. The minimum absolute atomic E-state index is 0.0889. The molecule has 112 valence electrons. The van der Waals surface area contributed by atoms with Crippen LogP contribution in [0, 0.1) is 5.92 Å². The minimum Gasteiger partial charge on any atom is -0.391 e. The lowest BCUT2D eigenvalue weighted by molar-refractivity contribution is -0.0296. The highest BCUT2D eigenvalue weighted by Crippen LogP contribution is 2.32. The van der Waals surface area contributed by atoms with Gasteiger partial charge in [0.05, 0.1) is 6.10 Å². The van der Waals surface area contributed by atoms with Crippen molar-refractivity contribution in [3.05, 3.63) is 0 Å². The molecule has 0 amide bonds. The summed E-state index contributed by atoms with van der Waals surface area (Å²) >= 11 is 0. The second-order valence-electron chi connectivity index (χ2n) is 6.64. The second-order valence-corrected chi connectivity index (χ2v) is 6.64. The van der Waals surface area contributed by atoms with Crippen LogP contribution in [0.15, 0.2) is 0 Å². The number of rotatable bonds is 4. The van der Waals surface area contributed by atoms with E-state index >= 15 is 0 Å². The van der Waals surface area contributed by atoms with Gasteiger partial charge in [-0.1, -0.05) is 26.7 Å². The van der Waals surface area contributed by atoms with Crippen LogP contribution in [0.4, 0.5) is 0 Å². The van der Waals surface area contributed by atoms with Gasteiger partial charge in [0.15, 0.2) is 0 Å². The molecule has 2 aliphatic rings. The van der Waals surface area contributed by atoms with E-state index in [1.807, 2.05) is 0 Å². The fraction of sp³-hybridized carbons (Fsp3) is 1.00. The fourth-order valence-electron chi connectivity index (χ4n) is 3.99. The van der Waals surface area contributed by atoms with Crippen LogP contribution in [0.3, 0.4) is 0 Å². The van der Waals surface area contributed by atoms with E-state index < -0.39 is 0 Å². The molecule has 1 saturated heterocycles. The summed E-state index contributed by atoms with van der Waals surface area (Å²) < 4.78 is 0. The van der Waals surface area contributed by atoms with Gasteiger partial charge in [-0.25, -0.2) is 0 Å². The van der Waals surface area contributed by atoms with E-state index in [1.54, 1.807) is 0 Å². The zero-order chi connectivity index (χ0) is 13.8. The molecule has 0 spiro atoms. The van der Waals surface area contributed by atoms with Crippen LogP contribution in [0.1, 0.15) is 52.4 Å². The van der Waals surface area contributed by atoms with Crippen molar-refractivity contribution < 1.29 is 5.11 Å². The summed E-state index contributed by atoms with van der Waals surface area (Å²) in [5.41, 5.74) is 0. The topological polar surface area (TPSA) is 26.7 Å². The number of aliphatic hydroxyl groups is 1. The summed E-state index contributed by atoms with van der Waals surface area (Å²) in [6.07, 6.45) is 7.22. The third-order valence-electron chi connectivity index (χ3n) is 5.34. The lowest BCUT2D eigenvalue weighted by atomic mass is 9.80. The van der Waals surface area contributed by atoms with Gasteiger partial charge in [0, 0.05) is 31.7 Å². The van der Waals surface area contributed by atoms with Crippen molar-refractivity contribution in [2.24, 2.45) is 5.92 Å². The molecule has 4 unspecified atom stereocenters. The van der Waals surface area contributed by atoms with Crippen molar-refractivity contribution in [3.63, 3.8) is 0 Å². The van der Waals surface area contributed by atoms with Gasteiger partial charge in [-0.3, -0.25) is 4.90 Å². The molecule has 1 aliphatic heterocycles. The lowest BCUT2D eigenvalue weighted by Crippen LogP contribution is -2.58. The molecule has 0 bridgehead atoms. The van der Waals surface area contributed by atoms with Gasteiger partial charge in [0.2, 0.25) is 0 Å². The van der Waals surface area contributed by atoms with Crippen molar-refractivity contribution in [2.45, 2.75) is 70.6 Å².